The molecule has 0 radical (unpaired) electrons. The number of ether oxygens (including phenoxy) is 2. The van der Waals surface area contributed by atoms with Crippen molar-refractivity contribution in [3.8, 4) is 17.6 Å². The van der Waals surface area contributed by atoms with Gasteiger partial charge in [-0.3, -0.25) is 0 Å². The second-order valence-electron chi connectivity index (χ2n) is 13.4. The minimum atomic E-state index is -0.568. The summed E-state index contributed by atoms with van der Waals surface area (Å²) in [6, 6.07) is 28.0. The third-order valence-corrected chi connectivity index (χ3v) is 9.78. The average molecular weight is 592 g/mol. The summed E-state index contributed by atoms with van der Waals surface area (Å²) in [4.78, 5) is 0. The summed E-state index contributed by atoms with van der Waals surface area (Å²) in [5.74, 6) is 3.23. The molecule has 3 nitrogen and oxygen atoms in total. The van der Waals surface area contributed by atoms with Gasteiger partial charge in [-0.05, 0) is 90.8 Å². The highest BCUT2D eigenvalue weighted by atomic mass is 16.5. The molecular weight excluding hydrogens is 538 g/mol. The zero-order chi connectivity index (χ0) is 31.5. The van der Waals surface area contributed by atoms with Crippen molar-refractivity contribution in [2.75, 3.05) is 0 Å². The van der Waals surface area contributed by atoms with Crippen LogP contribution in [0.25, 0.3) is 5.57 Å². The Morgan fingerprint density at radius 2 is 1.43 bits per heavy atom. The summed E-state index contributed by atoms with van der Waals surface area (Å²) in [5, 5.41) is 10.3. The van der Waals surface area contributed by atoms with Crippen LogP contribution in [0.15, 0.2) is 78.4 Å². The molecule has 0 aromatic heterocycles. The Balaban J connectivity index is 1.89. The van der Waals surface area contributed by atoms with E-state index < -0.39 is 5.41 Å². The fraction of sp³-hybridized carbons (Fsp3) is 0.488. The first-order valence-electron chi connectivity index (χ1n) is 16.9. The van der Waals surface area contributed by atoms with E-state index >= 15 is 0 Å². The monoisotopic (exact) mass is 591 g/mol. The van der Waals surface area contributed by atoms with E-state index in [2.05, 4.69) is 108 Å². The lowest BCUT2D eigenvalue weighted by Crippen LogP contribution is -2.21. The zero-order valence-corrected chi connectivity index (χ0v) is 28.0. The Bertz CT molecular complexity index is 1340. The van der Waals surface area contributed by atoms with Gasteiger partial charge in [0.2, 0.25) is 0 Å². The highest BCUT2D eigenvalue weighted by Crippen LogP contribution is 2.50. The molecule has 0 fully saturated rings. The Labute approximate surface area is 267 Å². The maximum atomic E-state index is 10.3. The van der Waals surface area contributed by atoms with Gasteiger partial charge in [-0.1, -0.05) is 120 Å². The van der Waals surface area contributed by atoms with Gasteiger partial charge in [0.15, 0.2) is 0 Å². The minimum absolute atomic E-state index is 0.359. The van der Waals surface area contributed by atoms with Crippen LogP contribution in [0.3, 0.4) is 0 Å². The summed E-state index contributed by atoms with van der Waals surface area (Å²) in [5.41, 5.74) is 6.48. The molecule has 3 atom stereocenters. The molecular formula is C41H53NO2. The molecule has 1 aliphatic carbocycles. The van der Waals surface area contributed by atoms with Crippen molar-refractivity contribution in [3.63, 3.8) is 0 Å². The molecule has 0 heterocycles. The van der Waals surface area contributed by atoms with Crippen LogP contribution < -0.4 is 9.47 Å². The van der Waals surface area contributed by atoms with Gasteiger partial charge in [0.1, 0.15) is 24.7 Å². The largest absolute Gasteiger partial charge is 0.488 e. The molecule has 0 amide bonds. The van der Waals surface area contributed by atoms with E-state index in [9.17, 15) is 5.26 Å². The summed E-state index contributed by atoms with van der Waals surface area (Å²) < 4.78 is 13.6. The number of hydrogen-bond acceptors (Lipinski definition) is 3. The van der Waals surface area contributed by atoms with Crippen molar-refractivity contribution in [2.45, 2.75) is 112 Å². The number of benzene rings is 3. The predicted molar refractivity (Wildman–Crippen MR) is 184 cm³/mol. The van der Waals surface area contributed by atoms with Crippen LogP contribution in [0, 0.1) is 28.6 Å². The molecule has 0 saturated heterocycles. The van der Waals surface area contributed by atoms with Crippen molar-refractivity contribution < 1.29 is 9.47 Å². The Morgan fingerprint density at radius 1 is 0.864 bits per heavy atom. The summed E-state index contributed by atoms with van der Waals surface area (Å²) in [7, 11) is 0. The highest BCUT2D eigenvalue weighted by molar-refractivity contribution is 5.80. The fourth-order valence-corrected chi connectivity index (χ4v) is 6.54. The topological polar surface area (TPSA) is 42.2 Å². The molecule has 0 N–H and O–H groups in total. The number of nitrogens with zero attached hydrogens (tertiary/aromatic N) is 1. The molecule has 3 unspecified atom stereocenters. The van der Waals surface area contributed by atoms with E-state index in [-0.39, 0.29) is 0 Å². The Kier molecular flexibility index (Phi) is 12.1. The molecule has 0 bridgehead atoms. The van der Waals surface area contributed by atoms with E-state index in [1.54, 1.807) is 0 Å². The van der Waals surface area contributed by atoms with Crippen LogP contribution in [-0.2, 0) is 13.2 Å². The molecule has 3 aromatic carbocycles. The molecule has 3 heteroatoms. The second-order valence-corrected chi connectivity index (χ2v) is 13.4. The van der Waals surface area contributed by atoms with Crippen molar-refractivity contribution in [1.82, 2.24) is 0 Å². The standard InChI is InChI=1S/C41H53NO2/c1-7-9-12-17-30(3)31(4)35-25-38(43-27-33-18-13-10-14-19-33)40(39(26-35)44-28-34-20-15-11-16-21-34)36-24-32(8-2)22-23-37(36)41(5,6)29-42/h10-11,13-16,18-21,25-26,30-32H,7-9,12,17,22-24,27-28H2,1-6H3. The van der Waals surface area contributed by atoms with Crippen molar-refractivity contribution in [1.29, 1.82) is 5.26 Å². The number of nitriles is 1. The fourth-order valence-electron chi connectivity index (χ4n) is 6.54. The quantitative estimate of drug-likeness (QED) is 0.165. The van der Waals surface area contributed by atoms with Crippen LogP contribution in [0.1, 0.15) is 121 Å². The Morgan fingerprint density at radius 3 is 1.93 bits per heavy atom. The molecule has 44 heavy (non-hydrogen) atoms. The van der Waals surface area contributed by atoms with Gasteiger partial charge in [-0.2, -0.15) is 5.26 Å². The van der Waals surface area contributed by atoms with Crippen LogP contribution in [0.4, 0.5) is 0 Å². The number of unbranched alkanes of at least 4 members (excludes halogenated alkanes) is 2. The lowest BCUT2D eigenvalue weighted by Gasteiger charge is -2.34. The van der Waals surface area contributed by atoms with Crippen molar-refractivity contribution >= 4 is 5.57 Å². The third kappa shape index (κ3) is 8.56. The molecule has 1 aliphatic rings. The molecule has 0 aliphatic heterocycles. The second kappa shape index (κ2) is 16.0. The first kappa shape index (κ1) is 33.4. The van der Waals surface area contributed by atoms with E-state index in [1.165, 1.54) is 42.4 Å². The number of rotatable bonds is 15. The summed E-state index contributed by atoms with van der Waals surface area (Å²) >= 11 is 0. The molecule has 0 spiro atoms. The van der Waals surface area contributed by atoms with E-state index in [0.29, 0.717) is 31.0 Å². The normalized spacial score (nSPS) is 16.7. The van der Waals surface area contributed by atoms with Gasteiger partial charge in [0.25, 0.3) is 0 Å². The van der Waals surface area contributed by atoms with Crippen LogP contribution in [-0.4, -0.2) is 0 Å². The number of allylic oxidation sites excluding steroid dienone is 2. The van der Waals surface area contributed by atoms with Crippen LogP contribution in [0.2, 0.25) is 0 Å². The summed E-state index contributed by atoms with van der Waals surface area (Å²) in [6.45, 7) is 14.4. The van der Waals surface area contributed by atoms with Crippen molar-refractivity contribution in [2.24, 2.45) is 17.3 Å². The lowest BCUT2D eigenvalue weighted by molar-refractivity contribution is 0.285. The van der Waals surface area contributed by atoms with Crippen LogP contribution in [0.5, 0.6) is 11.5 Å². The predicted octanol–water partition coefficient (Wildman–Crippen LogP) is 11.7. The highest BCUT2D eigenvalue weighted by Gasteiger charge is 2.34. The third-order valence-electron chi connectivity index (χ3n) is 9.78. The first-order valence-corrected chi connectivity index (χ1v) is 16.9. The van der Waals surface area contributed by atoms with E-state index in [4.69, 9.17) is 9.47 Å². The number of hydrogen-bond donors (Lipinski definition) is 0. The van der Waals surface area contributed by atoms with Gasteiger partial charge in [0, 0.05) is 0 Å². The lowest BCUT2D eigenvalue weighted by atomic mass is 9.70. The van der Waals surface area contributed by atoms with Crippen molar-refractivity contribution in [3.05, 3.63) is 101 Å². The maximum Gasteiger partial charge on any atom is 0.131 e. The van der Waals surface area contributed by atoms with Gasteiger partial charge in [-0.25, -0.2) is 0 Å². The minimum Gasteiger partial charge on any atom is -0.488 e. The van der Waals surface area contributed by atoms with Gasteiger partial charge >= 0.3 is 0 Å². The van der Waals surface area contributed by atoms with E-state index in [1.807, 2.05) is 12.1 Å². The van der Waals surface area contributed by atoms with E-state index in [0.717, 1.165) is 53.9 Å². The average Bonchev–Trinajstić information content (AvgIpc) is 3.06. The van der Waals surface area contributed by atoms with Gasteiger partial charge in [-0.15, -0.1) is 0 Å². The molecule has 234 valence electrons. The van der Waals surface area contributed by atoms with Gasteiger partial charge < -0.3 is 9.47 Å². The zero-order valence-electron chi connectivity index (χ0n) is 28.0. The SMILES string of the molecule is CCCCCC(C)C(C)c1cc(OCc2ccccc2)c(C2=C(C(C)(C)C#N)CCC(CC)C2)c(OCc2ccccc2)c1. The van der Waals surface area contributed by atoms with Gasteiger partial charge in [0.05, 0.1) is 17.0 Å². The first-order chi connectivity index (χ1) is 21.3. The maximum absolute atomic E-state index is 10.3. The Hall–Kier alpha value is -3.51. The van der Waals surface area contributed by atoms with Crippen LogP contribution >= 0.6 is 0 Å². The molecule has 3 aromatic rings. The molecule has 4 rings (SSSR count). The summed E-state index contributed by atoms with van der Waals surface area (Å²) in [6.07, 6.45) is 9.07. The molecule has 0 saturated carbocycles. The smallest absolute Gasteiger partial charge is 0.131 e.